The van der Waals surface area contributed by atoms with E-state index in [1.807, 2.05) is 0 Å². The molecule has 0 aliphatic heterocycles. The van der Waals surface area contributed by atoms with Gasteiger partial charge in [0.15, 0.2) is 0 Å². The van der Waals surface area contributed by atoms with Crippen LogP contribution in [0.4, 0.5) is 0 Å². The normalized spacial score (nSPS) is 11.8. The van der Waals surface area contributed by atoms with Gasteiger partial charge in [0.25, 0.3) is 5.91 Å². The van der Waals surface area contributed by atoms with Crippen molar-refractivity contribution >= 4 is 16.8 Å². The van der Waals surface area contributed by atoms with Gasteiger partial charge >= 0.3 is 0 Å². The summed E-state index contributed by atoms with van der Waals surface area (Å²) in [4.78, 5) is 26.9. The van der Waals surface area contributed by atoms with Gasteiger partial charge in [-0.2, -0.15) is 0 Å². The number of carbonyl (C=O) groups excluding carboxylic acids is 1. The molecule has 0 unspecified atom stereocenters. The number of methoxy groups -OCH3 is 1. The Kier molecular flexibility index (Phi) is 5.73. The topological polar surface area (TPSA) is 101 Å². The van der Waals surface area contributed by atoms with E-state index in [4.69, 9.17) is 9.47 Å². The number of hydrogen-bond acceptors (Lipinski definition) is 5. The molecule has 27 heavy (non-hydrogen) atoms. The Hall–Kier alpha value is -3.32. The number of amides is 1. The van der Waals surface area contributed by atoms with E-state index >= 15 is 0 Å². The zero-order valence-electron chi connectivity index (χ0n) is 14.8. The lowest BCUT2D eigenvalue weighted by atomic mass is 10.1. The molecule has 0 aliphatic rings. The standard InChI is InChI=1S/C20H20N2O5/c1-26-14-5-4-6-15(9-14)27-12-13(23)11-21-20(25)17-10-19(24)22-18-8-3-2-7-16(17)18/h2-10,13,23H,11-12H2,1H3,(H,21,25)(H,22,24)/t13-/m0/s1. The van der Waals surface area contributed by atoms with Gasteiger partial charge in [0.05, 0.1) is 12.7 Å². The lowest BCUT2D eigenvalue weighted by molar-refractivity contribution is 0.0844. The lowest BCUT2D eigenvalue weighted by Crippen LogP contribution is -2.35. The van der Waals surface area contributed by atoms with Crippen LogP contribution in [0.25, 0.3) is 10.9 Å². The smallest absolute Gasteiger partial charge is 0.252 e. The summed E-state index contributed by atoms with van der Waals surface area (Å²) in [5, 5.41) is 13.3. The van der Waals surface area contributed by atoms with E-state index in [1.165, 1.54) is 6.07 Å². The Morgan fingerprint density at radius 3 is 2.74 bits per heavy atom. The number of para-hydroxylation sites is 1. The molecule has 1 aromatic heterocycles. The van der Waals surface area contributed by atoms with Gasteiger partial charge in [0.2, 0.25) is 5.56 Å². The number of aliphatic hydroxyl groups excluding tert-OH is 1. The number of pyridine rings is 1. The molecule has 3 rings (SSSR count). The summed E-state index contributed by atoms with van der Waals surface area (Å²) < 4.78 is 10.6. The van der Waals surface area contributed by atoms with E-state index < -0.39 is 12.0 Å². The summed E-state index contributed by atoms with van der Waals surface area (Å²) in [5.41, 5.74) is 0.480. The number of aliphatic hydroxyl groups is 1. The Balaban J connectivity index is 1.59. The third-order valence-electron chi connectivity index (χ3n) is 3.98. The molecule has 0 bridgehead atoms. The fourth-order valence-corrected chi connectivity index (χ4v) is 2.64. The van der Waals surface area contributed by atoms with Crippen LogP contribution in [0.2, 0.25) is 0 Å². The maximum Gasteiger partial charge on any atom is 0.252 e. The predicted octanol–water partition coefficient (Wildman–Crippen LogP) is 1.71. The summed E-state index contributed by atoms with van der Waals surface area (Å²) in [6.07, 6.45) is -0.909. The van der Waals surface area contributed by atoms with Crippen LogP contribution < -0.4 is 20.3 Å². The fraction of sp³-hybridized carbons (Fsp3) is 0.200. The number of H-pyrrole nitrogens is 1. The molecule has 1 atom stereocenters. The third-order valence-corrected chi connectivity index (χ3v) is 3.98. The van der Waals surface area contributed by atoms with Crippen molar-refractivity contribution in [3.63, 3.8) is 0 Å². The van der Waals surface area contributed by atoms with Gasteiger partial charge in [0, 0.05) is 29.6 Å². The molecule has 140 valence electrons. The average Bonchev–Trinajstić information content (AvgIpc) is 2.69. The van der Waals surface area contributed by atoms with Crippen LogP contribution in [0.15, 0.2) is 59.4 Å². The molecule has 0 spiro atoms. The van der Waals surface area contributed by atoms with Gasteiger partial charge in [-0.25, -0.2) is 0 Å². The van der Waals surface area contributed by atoms with Crippen molar-refractivity contribution < 1.29 is 19.4 Å². The van der Waals surface area contributed by atoms with Crippen molar-refractivity contribution in [3.8, 4) is 11.5 Å². The van der Waals surface area contributed by atoms with Crippen LogP contribution in [0.3, 0.4) is 0 Å². The second-order valence-corrected chi connectivity index (χ2v) is 5.95. The van der Waals surface area contributed by atoms with Gasteiger partial charge in [-0.3, -0.25) is 9.59 Å². The summed E-state index contributed by atoms with van der Waals surface area (Å²) in [5.74, 6) is 0.773. The van der Waals surface area contributed by atoms with E-state index in [0.717, 1.165) is 0 Å². The summed E-state index contributed by atoms with van der Waals surface area (Å²) in [6, 6.07) is 15.3. The first-order valence-electron chi connectivity index (χ1n) is 8.42. The molecule has 0 saturated carbocycles. The van der Waals surface area contributed by atoms with Crippen molar-refractivity contribution in [1.29, 1.82) is 0 Å². The van der Waals surface area contributed by atoms with E-state index in [-0.39, 0.29) is 24.3 Å². The maximum atomic E-state index is 12.4. The average molecular weight is 368 g/mol. The fourth-order valence-electron chi connectivity index (χ4n) is 2.64. The van der Waals surface area contributed by atoms with E-state index in [0.29, 0.717) is 22.4 Å². The lowest BCUT2D eigenvalue weighted by Gasteiger charge is -2.14. The highest BCUT2D eigenvalue weighted by Gasteiger charge is 2.13. The minimum Gasteiger partial charge on any atom is -0.497 e. The van der Waals surface area contributed by atoms with E-state index in [2.05, 4.69) is 10.3 Å². The molecule has 7 nitrogen and oxygen atoms in total. The number of carbonyl (C=O) groups is 1. The minimum atomic E-state index is -0.909. The third kappa shape index (κ3) is 4.65. The van der Waals surface area contributed by atoms with Gasteiger partial charge in [0.1, 0.15) is 24.2 Å². The first kappa shape index (κ1) is 18.5. The highest BCUT2D eigenvalue weighted by Crippen LogP contribution is 2.19. The Labute approximate surface area is 155 Å². The van der Waals surface area contributed by atoms with Crippen LogP contribution in [-0.4, -0.2) is 42.4 Å². The van der Waals surface area contributed by atoms with Crippen molar-refractivity contribution in [1.82, 2.24) is 10.3 Å². The molecular weight excluding hydrogens is 348 g/mol. The monoisotopic (exact) mass is 368 g/mol. The van der Waals surface area contributed by atoms with E-state index in [9.17, 15) is 14.7 Å². The first-order chi connectivity index (χ1) is 13.1. The number of fused-ring (bicyclic) bond motifs is 1. The quantitative estimate of drug-likeness (QED) is 0.589. The zero-order chi connectivity index (χ0) is 19.2. The number of ether oxygens (including phenoxy) is 2. The van der Waals surface area contributed by atoms with Crippen LogP contribution in [0.1, 0.15) is 10.4 Å². The zero-order valence-corrected chi connectivity index (χ0v) is 14.8. The Bertz CT molecular complexity index is 999. The Morgan fingerprint density at radius 1 is 1.15 bits per heavy atom. The van der Waals surface area contributed by atoms with E-state index in [1.54, 1.807) is 55.6 Å². The Morgan fingerprint density at radius 2 is 1.93 bits per heavy atom. The molecule has 3 aromatic rings. The van der Waals surface area contributed by atoms with Gasteiger partial charge < -0.3 is 24.9 Å². The minimum absolute atomic E-state index is 0.00354. The number of nitrogens with one attached hydrogen (secondary N) is 2. The van der Waals surface area contributed by atoms with Crippen LogP contribution in [-0.2, 0) is 0 Å². The van der Waals surface area contributed by atoms with Crippen molar-refractivity contribution in [2.45, 2.75) is 6.10 Å². The van der Waals surface area contributed by atoms with Crippen molar-refractivity contribution in [3.05, 3.63) is 70.5 Å². The second-order valence-electron chi connectivity index (χ2n) is 5.95. The van der Waals surface area contributed by atoms with Gasteiger partial charge in [-0.05, 0) is 18.2 Å². The molecule has 0 saturated heterocycles. The molecule has 3 N–H and O–H groups in total. The summed E-state index contributed by atoms with van der Waals surface area (Å²) in [6.45, 7) is -0.00645. The highest BCUT2D eigenvalue weighted by atomic mass is 16.5. The molecule has 0 aliphatic carbocycles. The highest BCUT2D eigenvalue weighted by molar-refractivity contribution is 6.05. The maximum absolute atomic E-state index is 12.4. The number of aromatic amines is 1. The number of aromatic nitrogens is 1. The molecule has 1 heterocycles. The number of benzene rings is 2. The van der Waals surface area contributed by atoms with Crippen LogP contribution in [0.5, 0.6) is 11.5 Å². The molecule has 7 heteroatoms. The van der Waals surface area contributed by atoms with Gasteiger partial charge in [-0.1, -0.05) is 24.3 Å². The predicted molar refractivity (Wildman–Crippen MR) is 101 cm³/mol. The molecule has 0 fully saturated rings. The largest absolute Gasteiger partial charge is 0.497 e. The number of rotatable bonds is 7. The molecule has 1 amide bonds. The molecule has 0 radical (unpaired) electrons. The SMILES string of the molecule is COc1cccc(OC[C@@H](O)CNC(=O)c2cc(=O)[nH]c3ccccc23)c1. The van der Waals surface area contributed by atoms with Crippen LogP contribution in [0, 0.1) is 0 Å². The van der Waals surface area contributed by atoms with Crippen molar-refractivity contribution in [2.24, 2.45) is 0 Å². The summed E-state index contributed by atoms with van der Waals surface area (Å²) >= 11 is 0. The van der Waals surface area contributed by atoms with Gasteiger partial charge in [-0.15, -0.1) is 0 Å². The number of hydrogen-bond donors (Lipinski definition) is 3. The van der Waals surface area contributed by atoms with Crippen molar-refractivity contribution in [2.75, 3.05) is 20.3 Å². The summed E-state index contributed by atoms with van der Waals surface area (Å²) in [7, 11) is 1.56. The second kappa shape index (κ2) is 8.37. The molecular formula is C20H20N2O5. The van der Waals surface area contributed by atoms with Crippen LogP contribution >= 0.6 is 0 Å². The first-order valence-corrected chi connectivity index (χ1v) is 8.42. The molecule has 2 aromatic carbocycles.